The number of aryl methyl sites for hydroxylation is 1. The summed E-state index contributed by atoms with van der Waals surface area (Å²) in [6.07, 6.45) is 7.87. The van der Waals surface area contributed by atoms with Crippen LogP contribution in [-0.2, 0) is 13.6 Å². The van der Waals surface area contributed by atoms with Crippen molar-refractivity contribution in [2.45, 2.75) is 71.9 Å². The third-order valence-corrected chi connectivity index (χ3v) is 4.79. The van der Waals surface area contributed by atoms with Crippen molar-refractivity contribution in [3.8, 4) is 0 Å². The van der Waals surface area contributed by atoms with E-state index in [1.165, 1.54) is 38.5 Å². The predicted molar refractivity (Wildman–Crippen MR) is 110 cm³/mol. The fourth-order valence-corrected chi connectivity index (χ4v) is 3.26. The summed E-state index contributed by atoms with van der Waals surface area (Å²) in [4.78, 5) is 4.68. The van der Waals surface area contributed by atoms with E-state index in [2.05, 4.69) is 39.7 Å². The molecule has 0 amide bonds. The molecule has 138 valence electrons. The Labute approximate surface area is 163 Å². The van der Waals surface area contributed by atoms with E-state index < -0.39 is 0 Å². The summed E-state index contributed by atoms with van der Waals surface area (Å²) in [6, 6.07) is 0.544. The maximum Gasteiger partial charge on any atom is 0.191 e. The van der Waals surface area contributed by atoms with Crippen molar-refractivity contribution >= 4 is 29.9 Å². The van der Waals surface area contributed by atoms with E-state index in [1.54, 1.807) is 0 Å². The maximum absolute atomic E-state index is 4.68. The number of aliphatic imine (C=N–C) groups is 1. The lowest BCUT2D eigenvalue weighted by Gasteiger charge is -2.30. The smallest absolute Gasteiger partial charge is 0.191 e. The molecule has 0 atom stereocenters. The molecule has 1 aliphatic rings. The van der Waals surface area contributed by atoms with Gasteiger partial charge in [0.1, 0.15) is 12.4 Å². The minimum Gasteiger partial charge on any atom is -0.357 e. The van der Waals surface area contributed by atoms with Crippen LogP contribution in [-0.4, -0.2) is 33.3 Å². The van der Waals surface area contributed by atoms with E-state index in [1.807, 2.05) is 18.5 Å². The Bertz CT molecular complexity index is 505. The molecule has 1 aromatic rings. The number of hydrogen-bond donors (Lipinski definition) is 2. The molecule has 1 saturated carbocycles. The molecule has 2 rings (SSSR count). The first kappa shape index (κ1) is 21.2. The lowest BCUT2D eigenvalue weighted by molar-refractivity contribution is 0.295. The first-order chi connectivity index (χ1) is 11.1. The minimum absolute atomic E-state index is 0. The molecular weight excluding hydrogens is 415 g/mol. The molecule has 2 N–H and O–H groups in total. The highest BCUT2D eigenvalue weighted by Crippen LogP contribution is 2.27. The van der Waals surface area contributed by atoms with Gasteiger partial charge >= 0.3 is 0 Å². The van der Waals surface area contributed by atoms with Gasteiger partial charge in [-0.25, -0.2) is 4.99 Å². The third-order valence-electron chi connectivity index (χ3n) is 4.79. The molecular formula is C17H33IN6. The Morgan fingerprint density at radius 1 is 1.21 bits per heavy atom. The Morgan fingerprint density at radius 2 is 1.92 bits per heavy atom. The fraction of sp³-hybridized carbons (Fsp3) is 0.824. The summed E-state index contributed by atoms with van der Waals surface area (Å²) in [5.74, 6) is 3.64. The topological polar surface area (TPSA) is 67.1 Å². The van der Waals surface area contributed by atoms with Gasteiger partial charge in [0.05, 0.1) is 0 Å². The van der Waals surface area contributed by atoms with Crippen LogP contribution in [0.1, 0.15) is 64.0 Å². The Balaban J connectivity index is 0.00000288. The van der Waals surface area contributed by atoms with Crippen LogP contribution in [0.2, 0.25) is 0 Å². The standard InChI is InChI=1S/C17H32N6.HI/c1-5-7-14-8-10-15(11-9-14)20-17(18-6-2)19-12-16-22-21-13(3)23(16)4;/h14-15H,5-12H2,1-4H3,(H2,18,19,20);1H. The van der Waals surface area contributed by atoms with Gasteiger partial charge in [-0.3, -0.25) is 0 Å². The highest BCUT2D eigenvalue weighted by Gasteiger charge is 2.21. The third kappa shape index (κ3) is 6.22. The number of halogens is 1. The SMILES string of the molecule is CCCC1CCC(NC(=NCc2nnc(C)n2C)NCC)CC1.I. The number of nitrogens with zero attached hydrogens (tertiary/aromatic N) is 4. The second-order valence-corrected chi connectivity index (χ2v) is 6.57. The van der Waals surface area contributed by atoms with Crippen LogP contribution >= 0.6 is 24.0 Å². The summed E-state index contributed by atoms with van der Waals surface area (Å²) in [5, 5.41) is 15.2. The second-order valence-electron chi connectivity index (χ2n) is 6.57. The molecule has 0 radical (unpaired) electrons. The van der Waals surface area contributed by atoms with E-state index in [-0.39, 0.29) is 24.0 Å². The van der Waals surface area contributed by atoms with Gasteiger partial charge in [0, 0.05) is 19.6 Å². The monoisotopic (exact) mass is 448 g/mol. The van der Waals surface area contributed by atoms with E-state index in [4.69, 9.17) is 0 Å². The van der Waals surface area contributed by atoms with Gasteiger partial charge in [-0.05, 0) is 45.4 Å². The van der Waals surface area contributed by atoms with Crippen molar-refractivity contribution in [1.29, 1.82) is 0 Å². The average Bonchev–Trinajstić information content (AvgIpc) is 2.87. The van der Waals surface area contributed by atoms with Gasteiger partial charge < -0.3 is 15.2 Å². The van der Waals surface area contributed by atoms with Crippen LogP contribution in [0.5, 0.6) is 0 Å². The molecule has 1 heterocycles. The number of rotatable bonds is 6. The highest BCUT2D eigenvalue weighted by molar-refractivity contribution is 14.0. The Morgan fingerprint density at radius 3 is 2.46 bits per heavy atom. The lowest BCUT2D eigenvalue weighted by atomic mass is 9.83. The van der Waals surface area contributed by atoms with Crippen molar-refractivity contribution < 1.29 is 0 Å². The average molecular weight is 448 g/mol. The quantitative estimate of drug-likeness (QED) is 0.399. The van der Waals surface area contributed by atoms with Crippen LogP contribution in [0.3, 0.4) is 0 Å². The Hall–Kier alpha value is -0.860. The molecule has 24 heavy (non-hydrogen) atoms. The zero-order chi connectivity index (χ0) is 16.7. The van der Waals surface area contributed by atoms with E-state index in [0.717, 1.165) is 30.1 Å². The number of hydrogen-bond acceptors (Lipinski definition) is 3. The molecule has 0 spiro atoms. The van der Waals surface area contributed by atoms with Crippen molar-refractivity contribution in [2.24, 2.45) is 18.0 Å². The fourth-order valence-electron chi connectivity index (χ4n) is 3.26. The largest absolute Gasteiger partial charge is 0.357 e. The van der Waals surface area contributed by atoms with Crippen LogP contribution < -0.4 is 10.6 Å². The zero-order valence-corrected chi connectivity index (χ0v) is 17.8. The molecule has 1 fully saturated rings. The number of guanidine groups is 1. The Kier molecular flexibility index (Phi) is 9.61. The molecule has 0 bridgehead atoms. The number of aromatic nitrogens is 3. The number of nitrogens with one attached hydrogen (secondary N) is 2. The highest BCUT2D eigenvalue weighted by atomic mass is 127. The molecule has 0 aliphatic heterocycles. The minimum atomic E-state index is 0. The van der Waals surface area contributed by atoms with Crippen molar-refractivity contribution in [3.05, 3.63) is 11.6 Å². The van der Waals surface area contributed by atoms with Crippen LogP contribution in [0.4, 0.5) is 0 Å². The lowest BCUT2D eigenvalue weighted by Crippen LogP contribution is -2.44. The molecule has 0 saturated heterocycles. The summed E-state index contributed by atoms with van der Waals surface area (Å²) < 4.78 is 1.99. The summed E-state index contributed by atoms with van der Waals surface area (Å²) in [5.41, 5.74) is 0. The van der Waals surface area contributed by atoms with Crippen molar-refractivity contribution in [3.63, 3.8) is 0 Å². The molecule has 1 aliphatic carbocycles. The van der Waals surface area contributed by atoms with E-state index in [9.17, 15) is 0 Å². The van der Waals surface area contributed by atoms with Crippen molar-refractivity contribution in [1.82, 2.24) is 25.4 Å². The van der Waals surface area contributed by atoms with Crippen molar-refractivity contribution in [2.75, 3.05) is 6.54 Å². The van der Waals surface area contributed by atoms with E-state index in [0.29, 0.717) is 12.6 Å². The first-order valence-corrected chi connectivity index (χ1v) is 9.03. The van der Waals surface area contributed by atoms with Gasteiger partial charge in [0.25, 0.3) is 0 Å². The van der Waals surface area contributed by atoms with Gasteiger partial charge in [-0.1, -0.05) is 19.8 Å². The van der Waals surface area contributed by atoms with Crippen LogP contribution in [0.25, 0.3) is 0 Å². The summed E-state index contributed by atoms with van der Waals surface area (Å²) >= 11 is 0. The maximum atomic E-state index is 4.68. The normalized spacial score (nSPS) is 21.2. The van der Waals surface area contributed by atoms with Gasteiger partial charge in [-0.2, -0.15) is 0 Å². The second kappa shape index (κ2) is 10.9. The molecule has 0 unspecified atom stereocenters. The summed E-state index contributed by atoms with van der Waals surface area (Å²) in [6.45, 7) is 7.77. The molecule has 0 aromatic carbocycles. The predicted octanol–water partition coefficient (Wildman–Crippen LogP) is 3.16. The van der Waals surface area contributed by atoms with Crippen LogP contribution in [0, 0.1) is 12.8 Å². The first-order valence-electron chi connectivity index (χ1n) is 9.03. The van der Waals surface area contributed by atoms with Crippen LogP contribution in [0.15, 0.2) is 4.99 Å². The molecule has 6 nitrogen and oxygen atoms in total. The van der Waals surface area contributed by atoms with E-state index >= 15 is 0 Å². The summed E-state index contributed by atoms with van der Waals surface area (Å²) in [7, 11) is 1.98. The van der Waals surface area contributed by atoms with Gasteiger partial charge in [0.15, 0.2) is 11.8 Å². The zero-order valence-electron chi connectivity index (χ0n) is 15.5. The molecule has 7 heteroatoms. The van der Waals surface area contributed by atoms with Gasteiger partial charge in [-0.15, -0.1) is 34.2 Å². The van der Waals surface area contributed by atoms with Gasteiger partial charge in [0.2, 0.25) is 0 Å². The molecule has 1 aromatic heterocycles.